The van der Waals surface area contributed by atoms with E-state index in [1.165, 1.54) is 12.0 Å². The molecular formula is C15H25Cl2N3O. The van der Waals surface area contributed by atoms with Crippen LogP contribution < -0.4 is 11.1 Å². The summed E-state index contributed by atoms with van der Waals surface area (Å²) in [5.41, 5.74) is 8.02. The van der Waals surface area contributed by atoms with Crippen molar-refractivity contribution in [2.45, 2.75) is 31.8 Å². The third kappa shape index (κ3) is 5.47. The molecule has 1 aromatic rings. The van der Waals surface area contributed by atoms with Crippen LogP contribution in [0.2, 0.25) is 0 Å². The number of halogens is 2. The number of likely N-dealkylation sites (tertiary alicyclic amines) is 1. The molecule has 1 fully saturated rings. The number of hydrogen-bond acceptors (Lipinski definition) is 3. The highest BCUT2D eigenvalue weighted by molar-refractivity contribution is 5.85. The minimum absolute atomic E-state index is 0. The highest BCUT2D eigenvalue weighted by atomic mass is 35.5. The standard InChI is InChI=1S/C15H23N3O.2ClH/c1-11-5-7-12(8-6-11)14(16)15(19)17-10-13-4-3-9-18(13)2;;/h5-8,13-14H,3-4,9-10,16H2,1-2H3,(H,17,19);2*1H. The van der Waals surface area contributed by atoms with Crippen LogP contribution in [0.25, 0.3) is 0 Å². The average Bonchev–Trinajstić information content (AvgIpc) is 2.81. The van der Waals surface area contributed by atoms with Crippen LogP contribution in [-0.4, -0.2) is 37.0 Å². The number of rotatable bonds is 4. The van der Waals surface area contributed by atoms with Crippen LogP contribution in [0.4, 0.5) is 0 Å². The lowest BCUT2D eigenvalue weighted by Gasteiger charge is -2.21. The second-order valence-electron chi connectivity index (χ2n) is 5.41. The Labute approximate surface area is 139 Å². The first kappa shape index (κ1) is 20.2. The molecule has 1 amide bonds. The molecule has 0 saturated carbocycles. The second kappa shape index (κ2) is 9.26. The zero-order chi connectivity index (χ0) is 13.8. The van der Waals surface area contributed by atoms with Crippen molar-refractivity contribution in [2.24, 2.45) is 5.73 Å². The van der Waals surface area contributed by atoms with Crippen molar-refractivity contribution in [2.75, 3.05) is 20.1 Å². The molecule has 4 nitrogen and oxygen atoms in total. The molecule has 1 aliphatic rings. The van der Waals surface area contributed by atoms with Crippen molar-refractivity contribution in [3.8, 4) is 0 Å². The van der Waals surface area contributed by atoms with Crippen molar-refractivity contribution in [1.29, 1.82) is 0 Å². The Balaban J connectivity index is 0.00000200. The molecule has 1 saturated heterocycles. The van der Waals surface area contributed by atoms with Crippen molar-refractivity contribution < 1.29 is 4.79 Å². The van der Waals surface area contributed by atoms with E-state index < -0.39 is 6.04 Å². The Morgan fingerprint density at radius 1 is 1.38 bits per heavy atom. The Morgan fingerprint density at radius 3 is 2.52 bits per heavy atom. The smallest absolute Gasteiger partial charge is 0.241 e. The van der Waals surface area contributed by atoms with Crippen LogP contribution >= 0.6 is 24.8 Å². The van der Waals surface area contributed by atoms with Gasteiger partial charge in [0.1, 0.15) is 6.04 Å². The van der Waals surface area contributed by atoms with Crippen LogP contribution in [0.1, 0.15) is 30.0 Å². The molecule has 1 aromatic carbocycles. The fraction of sp³-hybridized carbons (Fsp3) is 0.533. The molecule has 0 aromatic heterocycles. The second-order valence-corrected chi connectivity index (χ2v) is 5.41. The summed E-state index contributed by atoms with van der Waals surface area (Å²) in [6.45, 7) is 3.82. The van der Waals surface area contributed by atoms with Crippen molar-refractivity contribution >= 4 is 30.7 Å². The van der Waals surface area contributed by atoms with Crippen molar-refractivity contribution in [1.82, 2.24) is 10.2 Å². The zero-order valence-electron chi connectivity index (χ0n) is 12.5. The first-order chi connectivity index (χ1) is 9.08. The summed E-state index contributed by atoms with van der Waals surface area (Å²) in [5, 5.41) is 2.96. The summed E-state index contributed by atoms with van der Waals surface area (Å²) in [4.78, 5) is 14.3. The quantitative estimate of drug-likeness (QED) is 0.886. The molecule has 6 heteroatoms. The molecule has 0 aliphatic carbocycles. The van der Waals surface area contributed by atoms with Gasteiger partial charge < -0.3 is 16.0 Å². The van der Waals surface area contributed by atoms with Gasteiger partial charge >= 0.3 is 0 Å². The van der Waals surface area contributed by atoms with Gasteiger partial charge in [-0.1, -0.05) is 29.8 Å². The van der Waals surface area contributed by atoms with E-state index in [1.54, 1.807) is 0 Å². The van der Waals surface area contributed by atoms with Crippen molar-refractivity contribution in [3.05, 3.63) is 35.4 Å². The van der Waals surface area contributed by atoms with Crippen molar-refractivity contribution in [3.63, 3.8) is 0 Å². The van der Waals surface area contributed by atoms with E-state index in [4.69, 9.17) is 5.73 Å². The Hall–Kier alpha value is -0.810. The number of aryl methyl sites for hydroxylation is 1. The topological polar surface area (TPSA) is 58.4 Å². The van der Waals surface area contributed by atoms with E-state index in [-0.39, 0.29) is 30.7 Å². The van der Waals surface area contributed by atoms with Gasteiger partial charge in [-0.25, -0.2) is 0 Å². The lowest BCUT2D eigenvalue weighted by molar-refractivity contribution is -0.122. The summed E-state index contributed by atoms with van der Waals surface area (Å²) in [5.74, 6) is -0.0934. The molecule has 0 spiro atoms. The van der Waals surface area contributed by atoms with E-state index in [0.717, 1.165) is 18.5 Å². The fourth-order valence-electron chi connectivity index (χ4n) is 2.49. The SMILES string of the molecule is Cc1ccc(C(N)C(=O)NCC2CCCN2C)cc1.Cl.Cl. The largest absolute Gasteiger partial charge is 0.353 e. The summed E-state index contributed by atoms with van der Waals surface area (Å²) in [6, 6.07) is 7.67. The molecule has 0 radical (unpaired) electrons. The molecule has 21 heavy (non-hydrogen) atoms. The van der Waals surface area contributed by atoms with E-state index in [2.05, 4.69) is 17.3 Å². The van der Waals surface area contributed by atoms with E-state index in [9.17, 15) is 4.79 Å². The highest BCUT2D eigenvalue weighted by Gasteiger charge is 2.22. The van der Waals surface area contributed by atoms with Gasteiger partial charge in [0.15, 0.2) is 0 Å². The number of nitrogens with one attached hydrogen (secondary N) is 1. The minimum atomic E-state index is -0.577. The number of carbonyl (C=O) groups is 1. The number of hydrogen-bond donors (Lipinski definition) is 2. The molecular weight excluding hydrogens is 309 g/mol. The van der Waals surface area contributed by atoms with Gasteiger partial charge in [-0.3, -0.25) is 4.79 Å². The number of carbonyl (C=O) groups excluding carboxylic acids is 1. The van der Waals surface area contributed by atoms with Crippen LogP contribution in [0.5, 0.6) is 0 Å². The third-order valence-electron chi connectivity index (χ3n) is 3.90. The summed E-state index contributed by atoms with van der Waals surface area (Å²) >= 11 is 0. The summed E-state index contributed by atoms with van der Waals surface area (Å²) in [7, 11) is 2.10. The fourth-order valence-corrected chi connectivity index (χ4v) is 2.49. The maximum atomic E-state index is 12.0. The van der Waals surface area contributed by atoms with Gasteiger partial charge in [0.2, 0.25) is 5.91 Å². The lowest BCUT2D eigenvalue weighted by atomic mass is 10.1. The molecule has 2 unspecified atom stereocenters. The average molecular weight is 334 g/mol. The Kier molecular flexibility index (Phi) is 8.90. The normalized spacial score (nSPS) is 19.3. The molecule has 1 heterocycles. The zero-order valence-corrected chi connectivity index (χ0v) is 14.2. The Bertz CT molecular complexity index is 439. The number of benzene rings is 1. The van der Waals surface area contributed by atoms with Crippen LogP contribution in [-0.2, 0) is 4.79 Å². The maximum absolute atomic E-state index is 12.0. The first-order valence-corrected chi connectivity index (χ1v) is 6.88. The molecule has 3 N–H and O–H groups in total. The molecule has 1 aliphatic heterocycles. The molecule has 2 atom stereocenters. The van der Waals surface area contributed by atoms with E-state index in [1.807, 2.05) is 31.2 Å². The van der Waals surface area contributed by atoms with E-state index >= 15 is 0 Å². The van der Waals surface area contributed by atoms with Gasteiger partial charge in [0.25, 0.3) is 0 Å². The number of amides is 1. The minimum Gasteiger partial charge on any atom is -0.353 e. The predicted octanol–water partition coefficient (Wildman–Crippen LogP) is 2.05. The van der Waals surface area contributed by atoms with E-state index in [0.29, 0.717) is 12.6 Å². The summed E-state index contributed by atoms with van der Waals surface area (Å²) in [6.07, 6.45) is 2.36. The van der Waals surface area contributed by atoms with Gasteiger partial charge in [-0.15, -0.1) is 24.8 Å². The molecule has 0 bridgehead atoms. The molecule has 2 rings (SSSR count). The van der Waals surface area contributed by atoms with Gasteiger partial charge in [0.05, 0.1) is 0 Å². The van der Waals surface area contributed by atoms with Crippen LogP contribution in [0.3, 0.4) is 0 Å². The number of likely N-dealkylation sites (N-methyl/N-ethyl adjacent to an activating group) is 1. The first-order valence-electron chi connectivity index (χ1n) is 6.88. The van der Waals surface area contributed by atoms with Gasteiger partial charge in [0, 0.05) is 12.6 Å². The lowest BCUT2D eigenvalue weighted by Crippen LogP contribution is -2.41. The van der Waals surface area contributed by atoms with Gasteiger partial charge in [-0.05, 0) is 38.9 Å². The van der Waals surface area contributed by atoms with Gasteiger partial charge in [-0.2, -0.15) is 0 Å². The highest BCUT2D eigenvalue weighted by Crippen LogP contribution is 2.15. The molecule has 120 valence electrons. The maximum Gasteiger partial charge on any atom is 0.241 e. The third-order valence-corrected chi connectivity index (χ3v) is 3.90. The van der Waals surface area contributed by atoms with Crippen LogP contribution in [0.15, 0.2) is 24.3 Å². The predicted molar refractivity (Wildman–Crippen MR) is 91.3 cm³/mol. The monoisotopic (exact) mass is 333 g/mol. The Morgan fingerprint density at radius 2 is 2.00 bits per heavy atom. The summed E-state index contributed by atoms with van der Waals surface area (Å²) < 4.78 is 0. The van der Waals surface area contributed by atoms with Crippen LogP contribution in [0, 0.1) is 6.92 Å². The number of nitrogens with zero attached hydrogens (tertiary/aromatic N) is 1. The number of nitrogens with two attached hydrogens (primary N) is 1.